The van der Waals surface area contributed by atoms with Crippen molar-refractivity contribution in [2.45, 2.75) is 5.75 Å². The van der Waals surface area contributed by atoms with Crippen molar-refractivity contribution in [1.29, 1.82) is 0 Å². The molecule has 0 aliphatic heterocycles. The summed E-state index contributed by atoms with van der Waals surface area (Å²) in [7, 11) is -1.36. The van der Waals surface area contributed by atoms with Gasteiger partial charge in [-0.15, -0.1) is 0 Å². The van der Waals surface area contributed by atoms with Gasteiger partial charge in [0, 0.05) is 16.6 Å². The van der Waals surface area contributed by atoms with E-state index in [1.165, 1.54) is 12.1 Å². The first kappa shape index (κ1) is 14.4. The molecule has 104 valence electrons. The molecule has 1 amide bonds. The van der Waals surface area contributed by atoms with E-state index in [2.05, 4.69) is 0 Å². The van der Waals surface area contributed by atoms with Crippen LogP contribution >= 0.6 is 0 Å². The summed E-state index contributed by atoms with van der Waals surface area (Å²) < 4.78 is 25.1. The molecule has 0 aliphatic carbocycles. The highest BCUT2D eigenvalue weighted by Gasteiger charge is 2.10. The highest BCUT2D eigenvalue weighted by atomic mass is 32.2. The topological polar surface area (TPSA) is 60.2 Å². The fourth-order valence-electron chi connectivity index (χ4n) is 1.97. The number of carbonyl (C=O) groups is 1. The third-order valence-electron chi connectivity index (χ3n) is 2.77. The van der Waals surface area contributed by atoms with E-state index in [1.54, 1.807) is 12.1 Å². The zero-order valence-corrected chi connectivity index (χ0v) is 11.5. The lowest BCUT2D eigenvalue weighted by Crippen LogP contribution is -2.20. The summed E-state index contributed by atoms with van der Waals surface area (Å²) in [5.74, 6) is -0.866. The Balaban J connectivity index is 2.31. The minimum atomic E-state index is -1.36. The van der Waals surface area contributed by atoms with E-state index in [0.717, 1.165) is 16.7 Å². The molecule has 2 aromatic rings. The summed E-state index contributed by atoms with van der Waals surface area (Å²) >= 11 is 0. The maximum absolute atomic E-state index is 13.3. The standard InChI is InChI=1S/C15H14FNO2S/c16-13-6-3-5-11(8-13)14-7-2-1-4-12(14)9-20(19)10-15(17)18/h1-8H,9-10H2,(H2,17,18)/t20-/m0/s1. The molecular formula is C15H14FNO2S. The number of nitrogens with two attached hydrogens (primary N) is 1. The molecule has 3 nitrogen and oxygen atoms in total. The van der Waals surface area contributed by atoms with E-state index in [1.807, 2.05) is 24.3 Å². The number of hydrogen-bond donors (Lipinski definition) is 1. The third kappa shape index (κ3) is 3.74. The van der Waals surface area contributed by atoms with Crippen molar-refractivity contribution in [2.24, 2.45) is 5.73 Å². The molecule has 5 heteroatoms. The van der Waals surface area contributed by atoms with Gasteiger partial charge >= 0.3 is 0 Å². The van der Waals surface area contributed by atoms with Crippen molar-refractivity contribution in [3.8, 4) is 11.1 Å². The molecule has 0 bridgehead atoms. The fourth-order valence-corrected chi connectivity index (χ4v) is 2.98. The highest BCUT2D eigenvalue weighted by molar-refractivity contribution is 7.84. The summed E-state index contributed by atoms with van der Waals surface area (Å²) in [6.45, 7) is 0. The molecule has 20 heavy (non-hydrogen) atoms. The lowest BCUT2D eigenvalue weighted by Gasteiger charge is -2.09. The van der Waals surface area contributed by atoms with Crippen molar-refractivity contribution in [2.75, 3.05) is 5.75 Å². The summed E-state index contributed by atoms with van der Waals surface area (Å²) in [6, 6.07) is 13.5. The third-order valence-corrected chi connectivity index (χ3v) is 4.01. The van der Waals surface area contributed by atoms with Gasteiger partial charge in [0.15, 0.2) is 0 Å². The van der Waals surface area contributed by atoms with Crippen LogP contribution in [0.3, 0.4) is 0 Å². The van der Waals surface area contributed by atoms with Crippen LogP contribution in [0.1, 0.15) is 5.56 Å². The number of halogens is 1. The van der Waals surface area contributed by atoms with E-state index in [-0.39, 0.29) is 17.3 Å². The van der Waals surface area contributed by atoms with Gasteiger partial charge in [0.1, 0.15) is 11.6 Å². The van der Waals surface area contributed by atoms with Crippen LogP contribution in [0.2, 0.25) is 0 Å². The molecule has 0 saturated heterocycles. The summed E-state index contributed by atoms with van der Waals surface area (Å²) in [6.07, 6.45) is 0. The second-order valence-corrected chi connectivity index (χ2v) is 5.82. The van der Waals surface area contributed by atoms with Crippen LogP contribution in [0.5, 0.6) is 0 Å². The molecule has 0 fully saturated rings. The zero-order valence-electron chi connectivity index (χ0n) is 10.7. The maximum atomic E-state index is 13.3. The lowest BCUT2D eigenvalue weighted by atomic mass is 10.0. The van der Waals surface area contributed by atoms with E-state index < -0.39 is 16.7 Å². The molecule has 2 N–H and O–H groups in total. The molecule has 0 saturated carbocycles. The Kier molecular flexibility index (Phi) is 4.63. The first-order chi connectivity index (χ1) is 9.56. The van der Waals surface area contributed by atoms with Crippen LogP contribution in [0.15, 0.2) is 48.5 Å². The largest absolute Gasteiger partial charge is 0.369 e. The number of hydrogen-bond acceptors (Lipinski definition) is 2. The van der Waals surface area contributed by atoms with E-state index in [4.69, 9.17) is 5.73 Å². The quantitative estimate of drug-likeness (QED) is 0.918. The molecule has 0 heterocycles. The van der Waals surface area contributed by atoms with Gasteiger partial charge in [-0.1, -0.05) is 36.4 Å². The fraction of sp³-hybridized carbons (Fsp3) is 0.133. The second-order valence-electron chi connectivity index (χ2n) is 4.36. The summed E-state index contributed by atoms with van der Waals surface area (Å²) in [4.78, 5) is 10.8. The van der Waals surface area contributed by atoms with Crippen molar-refractivity contribution >= 4 is 16.7 Å². The van der Waals surface area contributed by atoms with Crippen molar-refractivity contribution in [3.63, 3.8) is 0 Å². The number of benzene rings is 2. The predicted molar refractivity (Wildman–Crippen MR) is 77.7 cm³/mol. The molecule has 2 rings (SSSR count). The maximum Gasteiger partial charge on any atom is 0.230 e. The van der Waals surface area contributed by atoms with Gasteiger partial charge in [0.05, 0.1) is 0 Å². The first-order valence-corrected chi connectivity index (χ1v) is 7.52. The SMILES string of the molecule is NC(=O)C[S@@](=O)Cc1ccccc1-c1cccc(F)c1. The van der Waals surface area contributed by atoms with Gasteiger partial charge in [-0.2, -0.15) is 0 Å². The average molecular weight is 291 g/mol. The van der Waals surface area contributed by atoms with Gasteiger partial charge in [0.25, 0.3) is 0 Å². The molecule has 0 radical (unpaired) electrons. The molecule has 2 aromatic carbocycles. The van der Waals surface area contributed by atoms with Crippen LogP contribution < -0.4 is 5.73 Å². The van der Waals surface area contributed by atoms with Gasteiger partial charge in [-0.3, -0.25) is 9.00 Å². The molecule has 0 unspecified atom stereocenters. The number of rotatable bonds is 5. The number of amides is 1. The van der Waals surface area contributed by atoms with Crippen molar-refractivity contribution < 1.29 is 13.4 Å². The highest BCUT2D eigenvalue weighted by Crippen LogP contribution is 2.25. The van der Waals surface area contributed by atoms with Crippen LogP contribution in [0.4, 0.5) is 4.39 Å². The zero-order chi connectivity index (χ0) is 14.5. The predicted octanol–water partition coefficient (Wildman–Crippen LogP) is 2.23. The minimum absolute atomic E-state index is 0.169. The minimum Gasteiger partial charge on any atom is -0.369 e. The number of carbonyl (C=O) groups excluding carboxylic acids is 1. The molecular weight excluding hydrogens is 277 g/mol. The Morgan fingerprint density at radius 3 is 2.60 bits per heavy atom. The lowest BCUT2D eigenvalue weighted by molar-refractivity contribution is -0.115. The second kappa shape index (κ2) is 6.43. The van der Waals surface area contributed by atoms with Crippen LogP contribution in [0, 0.1) is 5.82 Å². The Labute approximate surface area is 119 Å². The Morgan fingerprint density at radius 1 is 1.15 bits per heavy atom. The molecule has 0 aliphatic rings. The molecule has 1 atom stereocenters. The first-order valence-electron chi connectivity index (χ1n) is 6.03. The van der Waals surface area contributed by atoms with E-state index >= 15 is 0 Å². The van der Waals surface area contributed by atoms with Crippen LogP contribution in [0.25, 0.3) is 11.1 Å². The Bertz CT molecular complexity index is 658. The monoisotopic (exact) mass is 291 g/mol. The van der Waals surface area contributed by atoms with Crippen molar-refractivity contribution in [1.82, 2.24) is 0 Å². The average Bonchev–Trinajstić information content (AvgIpc) is 2.38. The molecule has 0 spiro atoms. The Morgan fingerprint density at radius 2 is 1.90 bits per heavy atom. The van der Waals surface area contributed by atoms with Gasteiger partial charge in [0.2, 0.25) is 5.91 Å². The summed E-state index contributed by atoms with van der Waals surface area (Å²) in [5, 5.41) is 0. The molecule has 0 aromatic heterocycles. The van der Waals surface area contributed by atoms with Gasteiger partial charge in [-0.05, 0) is 28.8 Å². The number of primary amides is 1. The van der Waals surface area contributed by atoms with Gasteiger partial charge < -0.3 is 5.73 Å². The smallest absolute Gasteiger partial charge is 0.230 e. The van der Waals surface area contributed by atoms with E-state index in [9.17, 15) is 13.4 Å². The van der Waals surface area contributed by atoms with Crippen molar-refractivity contribution in [3.05, 3.63) is 59.9 Å². The van der Waals surface area contributed by atoms with Gasteiger partial charge in [-0.25, -0.2) is 4.39 Å². The summed E-state index contributed by atoms with van der Waals surface area (Å²) in [5.41, 5.74) is 7.37. The normalized spacial score (nSPS) is 12.1. The van der Waals surface area contributed by atoms with E-state index in [0.29, 0.717) is 0 Å². The van der Waals surface area contributed by atoms with Crippen LogP contribution in [-0.4, -0.2) is 15.9 Å². The Hall–Kier alpha value is -2.01. The van der Waals surface area contributed by atoms with Crippen LogP contribution in [-0.2, 0) is 21.3 Å².